The maximum Gasteiger partial charge on any atom is 0.308 e. The number of hydrogen-bond acceptors (Lipinski definition) is 4. The third-order valence-electron chi connectivity index (χ3n) is 5.23. The Balaban J connectivity index is 1.55. The van der Waals surface area contributed by atoms with Gasteiger partial charge in [-0.1, -0.05) is 19.3 Å². The smallest absolute Gasteiger partial charge is 0.308 e. The van der Waals surface area contributed by atoms with Gasteiger partial charge in [0.25, 0.3) is 5.91 Å². The van der Waals surface area contributed by atoms with Gasteiger partial charge < -0.3 is 19.9 Å². The van der Waals surface area contributed by atoms with Crippen LogP contribution in [0.5, 0.6) is 5.75 Å². The number of rotatable bonds is 6. The number of amides is 1. The van der Waals surface area contributed by atoms with E-state index in [4.69, 9.17) is 9.47 Å². The molecule has 0 bridgehead atoms. The molecule has 0 spiro atoms. The molecule has 26 heavy (non-hydrogen) atoms. The van der Waals surface area contributed by atoms with Gasteiger partial charge in [-0.15, -0.1) is 0 Å². The zero-order valence-corrected chi connectivity index (χ0v) is 15.0. The van der Waals surface area contributed by atoms with Crippen molar-refractivity contribution in [2.75, 3.05) is 13.2 Å². The lowest BCUT2D eigenvalue weighted by Crippen LogP contribution is -2.42. The molecule has 1 aliphatic carbocycles. The van der Waals surface area contributed by atoms with Crippen molar-refractivity contribution in [3.63, 3.8) is 0 Å². The van der Waals surface area contributed by atoms with E-state index >= 15 is 0 Å². The van der Waals surface area contributed by atoms with Crippen LogP contribution in [-0.2, 0) is 9.53 Å². The molecule has 3 atom stereocenters. The van der Waals surface area contributed by atoms with Gasteiger partial charge in [-0.25, -0.2) is 0 Å². The highest BCUT2D eigenvalue weighted by atomic mass is 16.5. The van der Waals surface area contributed by atoms with E-state index in [0.29, 0.717) is 30.8 Å². The first kappa shape index (κ1) is 18.7. The third kappa shape index (κ3) is 4.97. The van der Waals surface area contributed by atoms with Crippen LogP contribution in [0.4, 0.5) is 0 Å². The summed E-state index contributed by atoms with van der Waals surface area (Å²) in [5.41, 5.74) is 0.517. The van der Waals surface area contributed by atoms with Gasteiger partial charge in [0.1, 0.15) is 12.4 Å². The molecule has 1 unspecified atom stereocenters. The van der Waals surface area contributed by atoms with Crippen LogP contribution in [-0.4, -0.2) is 42.3 Å². The van der Waals surface area contributed by atoms with Crippen LogP contribution in [0.3, 0.4) is 0 Å². The van der Waals surface area contributed by atoms with Crippen molar-refractivity contribution in [2.45, 2.75) is 57.1 Å². The van der Waals surface area contributed by atoms with Crippen LogP contribution in [0, 0.1) is 5.92 Å². The van der Waals surface area contributed by atoms with Crippen molar-refractivity contribution in [2.24, 2.45) is 5.92 Å². The molecular formula is C20H27NO5. The van der Waals surface area contributed by atoms with Gasteiger partial charge in [0.2, 0.25) is 0 Å². The summed E-state index contributed by atoms with van der Waals surface area (Å²) in [5.74, 6) is -0.852. The van der Waals surface area contributed by atoms with Crippen molar-refractivity contribution in [3.05, 3.63) is 29.8 Å². The second-order valence-electron chi connectivity index (χ2n) is 7.13. The normalized spacial score (nSPS) is 26.1. The fraction of sp³-hybridized carbons (Fsp3) is 0.600. The standard InChI is InChI=1S/C20H27NO5/c22-19(21-18-7-3-1-2-6-17(18)20(23)24)14-8-10-15(11-9-14)26-13-16-5-4-12-25-16/h8-11,16-18H,1-7,12-13H2,(H,21,22)(H,23,24)/t16?,17-,18+/m1/s1. The highest BCUT2D eigenvalue weighted by Gasteiger charge is 2.30. The van der Waals surface area contributed by atoms with Crippen molar-refractivity contribution < 1.29 is 24.2 Å². The monoisotopic (exact) mass is 361 g/mol. The van der Waals surface area contributed by atoms with Crippen LogP contribution >= 0.6 is 0 Å². The number of carbonyl (C=O) groups is 2. The molecule has 1 saturated heterocycles. The second-order valence-corrected chi connectivity index (χ2v) is 7.13. The summed E-state index contributed by atoms with van der Waals surface area (Å²) in [4.78, 5) is 24.0. The van der Waals surface area contributed by atoms with E-state index in [-0.39, 0.29) is 18.1 Å². The van der Waals surface area contributed by atoms with Gasteiger partial charge in [0, 0.05) is 18.2 Å². The Morgan fingerprint density at radius 1 is 1.08 bits per heavy atom. The molecule has 1 aromatic rings. The van der Waals surface area contributed by atoms with Crippen LogP contribution < -0.4 is 10.1 Å². The molecule has 1 aromatic carbocycles. The molecule has 2 aliphatic rings. The fourth-order valence-corrected chi connectivity index (χ4v) is 3.70. The van der Waals surface area contributed by atoms with E-state index in [1.54, 1.807) is 24.3 Å². The van der Waals surface area contributed by atoms with E-state index in [0.717, 1.165) is 38.7 Å². The SMILES string of the molecule is O=C(N[C@H]1CCCCC[C@H]1C(=O)O)c1ccc(OCC2CCCO2)cc1. The van der Waals surface area contributed by atoms with Crippen LogP contribution in [0.1, 0.15) is 55.3 Å². The van der Waals surface area contributed by atoms with E-state index in [2.05, 4.69) is 5.32 Å². The minimum atomic E-state index is -0.824. The molecule has 0 radical (unpaired) electrons. The first-order chi connectivity index (χ1) is 12.6. The number of ether oxygens (including phenoxy) is 2. The molecule has 1 aliphatic heterocycles. The quantitative estimate of drug-likeness (QED) is 0.761. The summed E-state index contributed by atoms with van der Waals surface area (Å²) >= 11 is 0. The van der Waals surface area contributed by atoms with Gasteiger partial charge >= 0.3 is 5.97 Å². The average Bonchev–Trinajstić information content (AvgIpc) is 3.05. The van der Waals surface area contributed by atoms with Crippen LogP contribution in [0.15, 0.2) is 24.3 Å². The third-order valence-corrected chi connectivity index (χ3v) is 5.23. The molecule has 1 saturated carbocycles. The van der Waals surface area contributed by atoms with Gasteiger partial charge in [0.05, 0.1) is 12.0 Å². The molecule has 6 heteroatoms. The summed E-state index contributed by atoms with van der Waals surface area (Å²) < 4.78 is 11.2. The Labute approximate surface area is 153 Å². The Hall–Kier alpha value is -2.08. The van der Waals surface area contributed by atoms with E-state index in [9.17, 15) is 14.7 Å². The Morgan fingerprint density at radius 2 is 1.85 bits per heavy atom. The Bertz CT molecular complexity index is 609. The first-order valence-electron chi connectivity index (χ1n) is 9.51. The maximum absolute atomic E-state index is 12.5. The maximum atomic E-state index is 12.5. The predicted molar refractivity (Wildman–Crippen MR) is 96.4 cm³/mol. The molecule has 0 aromatic heterocycles. The largest absolute Gasteiger partial charge is 0.491 e. The van der Waals surface area contributed by atoms with Crippen molar-refractivity contribution in [1.82, 2.24) is 5.32 Å². The molecule has 142 valence electrons. The lowest BCUT2D eigenvalue weighted by molar-refractivity contribution is -0.142. The van der Waals surface area contributed by atoms with E-state index in [1.807, 2.05) is 0 Å². The van der Waals surface area contributed by atoms with Crippen molar-refractivity contribution >= 4 is 11.9 Å². The average molecular weight is 361 g/mol. The van der Waals surface area contributed by atoms with Gasteiger partial charge in [-0.3, -0.25) is 9.59 Å². The fourth-order valence-electron chi connectivity index (χ4n) is 3.70. The lowest BCUT2D eigenvalue weighted by atomic mass is 9.94. The highest BCUT2D eigenvalue weighted by Crippen LogP contribution is 2.24. The highest BCUT2D eigenvalue weighted by molar-refractivity contribution is 5.94. The van der Waals surface area contributed by atoms with Crippen molar-refractivity contribution in [1.29, 1.82) is 0 Å². The summed E-state index contributed by atoms with van der Waals surface area (Å²) in [6.45, 7) is 1.32. The Morgan fingerprint density at radius 3 is 2.54 bits per heavy atom. The number of hydrogen-bond donors (Lipinski definition) is 2. The zero-order chi connectivity index (χ0) is 18.4. The molecule has 3 rings (SSSR count). The summed E-state index contributed by atoms with van der Waals surface area (Å²) in [6, 6.07) is 6.66. The van der Waals surface area contributed by atoms with Gasteiger partial charge in [-0.2, -0.15) is 0 Å². The molecule has 6 nitrogen and oxygen atoms in total. The number of benzene rings is 1. The summed E-state index contributed by atoms with van der Waals surface area (Å²) in [5, 5.41) is 12.3. The number of carboxylic acids is 1. The molecule has 1 amide bonds. The van der Waals surface area contributed by atoms with Gasteiger partial charge in [0.15, 0.2) is 0 Å². The number of carbonyl (C=O) groups excluding carboxylic acids is 1. The minimum absolute atomic E-state index is 0.154. The number of aliphatic carboxylic acids is 1. The summed E-state index contributed by atoms with van der Waals surface area (Å²) in [6.07, 6.45) is 6.46. The first-order valence-corrected chi connectivity index (χ1v) is 9.51. The molecule has 2 fully saturated rings. The van der Waals surface area contributed by atoms with Crippen molar-refractivity contribution in [3.8, 4) is 5.75 Å². The van der Waals surface area contributed by atoms with E-state index in [1.165, 1.54) is 0 Å². The summed E-state index contributed by atoms with van der Waals surface area (Å²) in [7, 11) is 0. The number of carboxylic acid groups (broad SMARTS) is 1. The molecule has 1 heterocycles. The predicted octanol–water partition coefficient (Wildman–Crippen LogP) is 3.01. The number of nitrogens with one attached hydrogen (secondary N) is 1. The van der Waals surface area contributed by atoms with Crippen LogP contribution in [0.2, 0.25) is 0 Å². The zero-order valence-electron chi connectivity index (χ0n) is 15.0. The van der Waals surface area contributed by atoms with Crippen LogP contribution in [0.25, 0.3) is 0 Å². The Kier molecular flexibility index (Phi) is 6.50. The molecule has 2 N–H and O–H groups in total. The topological polar surface area (TPSA) is 84.9 Å². The van der Waals surface area contributed by atoms with E-state index < -0.39 is 11.9 Å². The van der Waals surface area contributed by atoms with Gasteiger partial charge in [-0.05, 0) is 49.9 Å². The minimum Gasteiger partial charge on any atom is -0.491 e. The molecular weight excluding hydrogens is 334 g/mol. The lowest BCUT2D eigenvalue weighted by Gasteiger charge is -2.23. The second kappa shape index (κ2) is 9.03.